The fourth-order valence-electron chi connectivity index (χ4n) is 3.70. The predicted octanol–water partition coefficient (Wildman–Crippen LogP) is 3.62. The van der Waals surface area contributed by atoms with E-state index in [1.165, 1.54) is 33.3 Å². The first-order valence-electron chi connectivity index (χ1n) is 8.15. The molecule has 1 aromatic carbocycles. The van der Waals surface area contributed by atoms with Gasteiger partial charge in [0, 0.05) is 42.8 Å². The van der Waals surface area contributed by atoms with E-state index in [-0.39, 0.29) is 6.04 Å². The summed E-state index contributed by atoms with van der Waals surface area (Å²) in [7, 11) is 2.17. The van der Waals surface area contributed by atoms with Crippen molar-refractivity contribution in [2.24, 2.45) is 12.8 Å². The van der Waals surface area contributed by atoms with Crippen LogP contribution in [-0.4, -0.2) is 16.0 Å². The fraction of sp³-hybridized carbons (Fsp3) is 0.556. The normalized spacial score (nSPS) is 16.6. The summed E-state index contributed by atoms with van der Waals surface area (Å²) in [5, 5.41) is 1.37. The van der Waals surface area contributed by atoms with Gasteiger partial charge in [-0.15, -0.1) is 0 Å². The highest BCUT2D eigenvalue weighted by Gasteiger charge is 2.23. The molecule has 1 atom stereocenters. The molecule has 2 N–H and O–H groups in total. The van der Waals surface area contributed by atoms with E-state index in [9.17, 15) is 0 Å². The van der Waals surface area contributed by atoms with E-state index < -0.39 is 0 Å². The molecule has 0 fully saturated rings. The van der Waals surface area contributed by atoms with Crippen molar-refractivity contribution in [1.82, 2.24) is 9.47 Å². The molecule has 1 unspecified atom stereocenters. The number of benzene rings is 1. The van der Waals surface area contributed by atoms with Crippen molar-refractivity contribution in [2.45, 2.75) is 52.7 Å². The van der Waals surface area contributed by atoms with E-state index in [1.54, 1.807) is 0 Å². The van der Waals surface area contributed by atoms with Crippen LogP contribution in [0.2, 0.25) is 0 Å². The highest BCUT2D eigenvalue weighted by atomic mass is 15.1. The van der Waals surface area contributed by atoms with Crippen LogP contribution in [0.4, 0.5) is 0 Å². The molecule has 21 heavy (non-hydrogen) atoms. The number of rotatable bonds is 4. The van der Waals surface area contributed by atoms with Gasteiger partial charge in [-0.05, 0) is 48.7 Å². The Labute approximate surface area is 127 Å². The molecule has 2 aromatic rings. The lowest BCUT2D eigenvalue weighted by Crippen LogP contribution is -2.14. The maximum absolute atomic E-state index is 6.46. The Morgan fingerprint density at radius 2 is 1.86 bits per heavy atom. The average molecular weight is 285 g/mol. The van der Waals surface area contributed by atoms with E-state index in [0.717, 1.165) is 32.5 Å². The molecule has 3 rings (SSSR count). The summed E-state index contributed by atoms with van der Waals surface area (Å²) in [6.45, 7) is 9.93. The van der Waals surface area contributed by atoms with Gasteiger partial charge in [0.05, 0.1) is 0 Å². The summed E-state index contributed by atoms with van der Waals surface area (Å²) in [4.78, 5) is 2.49. The molecule has 1 aliphatic heterocycles. The summed E-state index contributed by atoms with van der Waals surface area (Å²) in [6.07, 6.45) is 2.18. The van der Waals surface area contributed by atoms with Crippen LogP contribution in [0.3, 0.4) is 0 Å². The lowest BCUT2D eigenvalue weighted by Gasteiger charge is -2.12. The molecular formula is C18H27N3. The number of nitrogens with two attached hydrogens (primary N) is 1. The zero-order chi connectivity index (χ0) is 15.1. The van der Waals surface area contributed by atoms with Crippen LogP contribution in [0.25, 0.3) is 10.9 Å². The molecule has 0 radical (unpaired) electrons. The monoisotopic (exact) mass is 285 g/mol. The van der Waals surface area contributed by atoms with Crippen molar-refractivity contribution in [3.63, 3.8) is 0 Å². The van der Waals surface area contributed by atoms with E-state index in [4.69, 9.17) is 5.73 Å². The van der Waals surface area contributed by atoms with Crippen molar-refractivity contribution in [2.75, 3.05) is 6.54 Å². The van der Waals surface area contributed by atoms with Gasteiger partial charge in [0.2, 0.25) is 0 Å². The van der Waals surface area contributed by atoms with E-state index in [0.29, 0.717) is 0 Å². The molecule has 1 aromatic heterocycles. The minimum atomic E-state index is 0.153. The molecule has 114 valence electrons. The van der Waals surface area contributed by atoms with E-state index >= 15 is 0 Å². The largest absolute Gasteiger partial charge is 0.348 e. The predicted molar refractivity (Wildman–Crippen MR) is 89.3 cm³/mol. The minimum absolute atomic E-state index is 0.153. The van der Waals surface area contributed by atoms with Crippen LogP contribution in [0.15, 0.2) is 12.1 Å². The number of nitrogens with zero attached hydrogens (tertiary/aromatic N) is 2. The fourth-order valence-corrected chi connectivity index (χ4v) is 3.70. The molecule has 2 heterocycles. The second kappa shape index (κ2) is 5.47. The zero-order valence-electron chi connectivity index (χ0n) is 13.7. The standard InChI is InChI=1S/C18H27N3/c1-5-7-16(19)18-12(3)20(4)17-9-14-11-21(6-2)10-13(14)8-15(17)18/h8-9,16H,5-7,10-11,19H2,1-4H3. The first kappa shape index (κ1) is 14.6. The molecule has 1 aliphatic rings. The molecule has 3 nitrogen and oxygen atoms in total. The Kier molecular flexibility index (Phi) is 3.80. The molecule has 0 bridgehead atoms. The van der Waals surface area contributed by atoms with Crippen LogP contribution in [0, 0.1) is 6.92 Å². The Bertz CT molecular complexity index is 669. The Morgan fingerprint density at radius 3 is 2.48 bits per heavy atom. The van der Waals surface area contributed by atoms with E-state index in [2.05, 4.69) is 49.4 Å². The van der Waals surface area contributed by atoms with Gasteiger partial charge in [0.15, 0.2) is 0 Å². The third-order valence-corrected chi connectivity index (χ3v) is 5.07. The second-order valence-corrected chi connectivity index (χ2v) is 6.39. The van der Waals surface area contributed by atoms with Gasteiger partial charge in [-0.3, -0.25) is 4.90 Å². The highest BCUT2D eigenvalue weighted by molar-refractivity contribution is 5.87. The summed E-state index contributed by atoms with van der Waals surface area (Å²) < 4.78 is 2.31. The number of hydrogen-bond donors (Lipinski definition) is 1. The molecule has 0 saturated heterocycles. The first-order chi connectivity index (χ1) is 10.1. The van der Waals surface area contributed by atoms with Gasteiger partial charge in [-0.2, -0.15) is 0 Å². The summed E-state index contributed by atoms with van der Waals surface area (Å²) in [6, 6.07) is 4.94. The van der Waals surface area contributed by atoms with Gasteiger partial charge in [0.25, 0.3) is 0 Å². The highest BCUT2D eigenvalue weighted by Crippen LogP contribution is 2.35. The third kappa shape index (κ3) is 2.29. The minimum Gasteiger partial charge on any atom is -0.348 e. The van der Waals surface area contributed by atoms with Crippen molar-refractivity contribution in [1.29, 1.82) is 0 Å². The average Bonchev–Trinajstić information content (AvgIpc) is 2.97. The molecule has 0 amide bonds. The number of hydrogen-bond acceptors (Lipinski definition) is 2. The van der Waals surface area contributed by atoms with Gasteiger partial charge >= 0.3 is 0 Å². The molecule has 0 saturated carbocycles. The van der Waals surface area contributed by atoms with Crippen LogP contribution < -0.4 is 5.73 Å². The number of fused-ring (bicyclic) bond motifs is 2. The summed E-state index contributed by atoms with van der Waals surface area (Å²) in [5.41, 5.74) is 13.4. The molecule has 0 spiro atoms. The Hall–Kier alpha value is -1.32. The third-order valence-electron chi connectivity index (χ3n) is 5.07. The zero-order valence-corrected chi connectivity index (χ0v) is 13.7. The van der Waals surface area contributed by atoms with Crippen LogP contribution in [0.5, 0.6) is 0 Å². The maximum atomic E-state index is 6.46. The first-order valence-corrected chi connectivity index (χ1v) is 8.15. The SMILES string of the molecule is CCCC(N)c1c(C)n(C)c2cc3c(cc12)CN(CC)C3. The van der Waals surface area contributed by atoms with Crippen molar-refractivity contribution in [3.05, 3.63) is 34.5 Å². The van der Waals surface area contributed by atoms with Crippen molar-refractivity contribution >= 4 is 10.9 Å². The Balaban J connectivity index is 2.15. The van der Waals surface area contributed by atoms with Crippen molar-refractivity contribution < 1.29 is 0 Å². The van der Waals surface area contributed by atoms with Crippen LogP contribution >= 0.6 is 0 Å². The molecule has 0 aliphatic carbocycles. The summed E-state index contributed by atoms with van der Waals surface area (Å²) in [5.74, 6) is 0. The van der Waals surface area contributed by atoms with Gasteiger partial charge in [-0.25, -0.2) is 0 Å². The maximum Gasteiger partial charge on any atom is 0.0486 e. The van der Waals surface area contributed by atoms with Crippen LogP contribution in [-0.2, 0) is 20.1 Å². The van der Waals surface area contributed by atoms with Gasteiger partial charge < -0.3 is 10.3 Å². The van der Waals surface area contributed by atoms with Gasteiger partial charge in [-0.1, -0.05) is 20.3 Å². The Morgan fingerprint density at radius 1 is 1.19 bits per heavy atom. The van der Waals surface area contributed by atoms with Crippen molar-refractivity contribution in [3.8, 4) is 0 Å². The number of aryl methyl sites for hydroxylation is 1. The lowest BCUT2D eigenvalue weighted by molar-refractivity contribution is 0.301. The number of aromatic nitrogens is 1. The summed E-state index contributed by atoms with van der Waals surface area (Å²) >= 11 is 0. The van der Waals surface area contributed by atoms with Gasteiger partial charge in [0.1, 0.15) is 0 Å². The smallest absolute Gasteiger partial charge is 0.0486 e. The molecule has 3 heteroatoms. The lowest BCUT2D eigenvalue weighted by atomic mass is 9.98. The second-order valence-electron chi connectivity index (χ2n) is 6.39. The quantitative estimate of drug-likeness (QED) is 0.931. The van der Waals surface area contributed by atoms with E-state index in [1.807, 2.05) is 0 Å². The van der Waals surface area contributed by atoms with Crippen LogP contribution in [0.1, 0.15) is 55.1 Å². The molecular weight excluding hydrogens is 258 g/mol. The topological polar surface area (TPSA) is 34.2 Å².